The summed E-state index contributed by atoms with van der Waals surface area (Å²) in [5.41, 5.74) is 2.27. The summed E-state index contributed by atoms with van der Waals surface area (Å²) in [5, 5.41) is 9.85. The van der Waals surface area contributed by atoms with E-state index in [1.807, 2.05) is 19.1 Å². The highest BCUT2D eigenvalue weighted by atomic mass is 32.2. The number of aromatic nitrogens is 2. The van der Waals surface area contributed by atoms with Crippen molar-refractivity contribution in [1.29, 1.82) is 0 Å². The summed E-state index contributed by atoms with van der Waals surface area (Å²) in [6.07, 6.45) is 3.86. The Balaban J connectivity index is 1.77. The van der Waals surface area contributed by atoms with Crippen molar-refractivity contribution in [2.45, 2.75) is 37.4 Å². The van der Waals surface area contributed by atoms with Gasteiger partial charge in [0.15, 0.2) is 5.03 Å². The third kappa shape index (κ3) is 3.43. The topological polar surface area (TPSA) is 86.9 Å². The highest BCUT2D eigenvalue weighted by Gasteiger charge is 2.24. The lowest BCUT2D eigenvalue weighted by Gasteiger charge is -2.09. The quantitative estimate of drug-likeness (QED) is 0.759. The van der Waals surface area contributed by atoms with Gasteiger partial charge >= 0.3 is 0 Å². The Morgan fingerprint density at radius 2 is 2.00 bits per heavy atom. The van der Waals surface area contributed by atoms with Crippen molar-refractivity contribution < 1.29 is 8.42 Å². The average Bonchev–Trinajstić information content (AvgIpc) is 3.14. The summed E-state index contributed by atoms with van der Waals surface area (Å²) in [6, 6.07) is 7.72. The molecule has 6 nitrogen and oxygen atoms in total. The highest BCUT2D eigenvalue weighted by molar-refractivity contribution is 7.92. The van der Waals surface area contributed by atoms with Crippen molar-refractivity contribution in [2.24, 2.45) is 0 Å². The van der Waals surface area contributed by atoms with E-state index in [9.17, 15) is 8.42 Å². The van der Waals surface area contributed by atoms with Crippen LogP contribution in [0.1, 0.15) is 24.0 Å². The molecule has 0 amide bonds. The van der Waals surface area contributed by atoms with Gasteiger partial charge in [-0.3, -0.25) is 9.82 Å². The summed E-state index contributed by atoms with van der Waals surface area (Å²) in [7, 11) is -3.65. The van der Waals surface area contributed by atoms with Crippen LogP contribution in [0.2, 0.25) is 0 Å². The number of nitrogens with one attached hydrogen (secondary N) is 3. The van der Waals surface area contributed by atoms with Crippen LogP contribution < -0.4 is 10.0 Å². The number of aryl methyl sites for hydroxylation is 1. The summed E-state index contributed by atoms with van der Waals surface area (Å²) in [4.78, 5) is 0. The molecule has 0 aliphatic heterocycles. The van der Waals surface area contributed by atoms with Crippen LogP contribution in [0.5, 0.6) is 0 Å². The summed E-state index contributed by atoms with van der Waals surface area (Å²) < 4.78 is 27.4. The standard InChI is InChI=1S/C14H18N4O2S/c1-10-2-4-13(5-3-10)18-21(19,20)14-11(9-16-17-14)8-15-12-6-7-12/h2-5,9,12,15,18H,6-8H2,1H3,(H,16,17). The van der Waals surface area contributed by atoms with E-state index in [4.69, 9.17) is 0 Å². The molecule has 21 heavy (non-hydrogen) atoms. The van der Waals surface area contributed by atoms with Crippen molar-refractivity contribution in [1.82, 2.24) is 15.5 Å². The number of hydrogen-bond donors (Lipinski definition) is 3. The van der Waals surface area contributed by atoms with Gasteiger partial charge in [-0.2, -0.15) is 13.5 Å². The van der Waals surface area contributed by atoms with Gasteiger partial charge in [0.2, 0.25) is 0 Å². The Bertz CT molecular complexity index is 718. The number of benzene rings is 1. The van der Waals surface area contributed by atoms with Gasteiger partial charge < -0.3 is 5.32 Å². The molecule has 112 valence electrons. The zero-order valence-electron chi connectivity index (χ0n) is 11.8. The van der Waals surface area contributed by atoms with Crippen LogP contribution in [0, 0.1) is 6.92 Å². The second kappa shape index (κ2) is 5.50. The molecule has 0 saturated heterocycles. The maximum absolute atomic E-state index is 12.4. The van der Waals surface area contributed by atoms with Gasteiger partial charge in [0.25, 0.3) is 10.0 Å². The van der Waals surface area contributed by atoms with Crippen molar-refractivity contribution in [3.05, 3.63) is 41.6 Å². The van der Waals surface area contributed by atoms with E-state index < -0.39 is 10.0 Å². The van der Waals surface area contributed by atoms with Gasteiger partial charge in [-0.1, -0.05) is 17.7 Å². The minimum Gasteiger partial charge on any atom is -0.310 e. The molecule has 0 bridgehead atoms. The number of anilines is 1. The van der Waals surface area contributed by atoms with E-state index in [2.05, 4.69) is 20.2 Å². The van der Waals surface area contributed by atoms with Gasteiger partial charge in [-0.25, -0.2) is 0 Å². The lowest BCUT2D eigenvalue weighted by Crippen LogP contribution is -2.19. The molecule has 3 rings (SSSR count). The first-order chi connectivity index (χ1) is 10.0. The van der Waals surface area contributed by atoms with E-state index in [0.717, 1.165) is 18.4 Å². The largest absolute Gasteiger partial charge is 0.310 e. The number of sulfonamides is 1. The number of hydrogen-bond acceptors (Lipinski definition) is 4. The van der Waals surface area contributed by atoms with Gasteiger partial charge in [0.05, 0.1) is 6.20 Å². The molecule has 1 aliphatic rings. The Hall–Kier alpha value is -1.86. The maximum atomic E-state index is 12.4. The van der Waals surface area contributed by atoms with Crippen LogP contribution in [0.25, 0.3) is 0 Å². The van der Waals surface area contributed by atoms with Crippen LogP contribution in [0.4, 0.5) is 5.69 Å². The minimum atomic E-state index is -3.65. The Morgan fingerprint density at radius 3 is 2.67 bits per heavy atom. The third-order valence-electron chi connectivity index (χ3n) is 3.41. The summed E-state index contributed by atoms with van der Waals surface area (Å²) >= 11 is 0. The molecule has 1 aromatic heterocycles. The van der Waals surface area contributed by atoms with Crippen molar-refractivity contribution in [3.63, 3.8) is 0 Å². The molecule has 1 aromatic carbocycles. The normalized spacial score (nSPS) is 15.1. The zero-order valence-corrected chi connectivity index (χ0v) is 12.6. The van der Waals surface area contributed by atoms with Crippen molar-refractivity contribution >= 4 is 15.7 Å². The van der Waals surface area contributed by atoms with E-state index in [1.165, 1.54) is 0 Å². The predicted molar refractivity (Wildman–Crippen MR) is 80.4 cm³/mol. The molecule has 0 atom stereocenters. The first-order valence-corrected chi connectivity index (χ1v) is 8.38. The van der Waals surface area contributed by atoms with E-state index in [0.29, 0.717) is 23.8 Å². The maximum Gasteiger partial charge on any atom is 0.279 e. The van der Waals surface area contributed by atoms with E-state index >= 15 is 0 Å². The number of H-pyrrole nitrogens is 1. The average molecular weight is 306 g/mol. The van der Waals surface area contributed by atoms with Crippen LogP contribution in [0.15, 0.2) is 35.5 Å². The molecule has 2 aromatic rings. The van der Waals surface area contributed by atoms with Crippen LogP contribution in [-0.4, -0.2) is 24.7 Å². The first kappa shape index (κ1) is 14.1. The Morgan fingerprint density at radius 1 is 1.29 bits per heavy atom. The lowest BCUT2D eigenvalue weighted by molar-refractivity contribution is 0.593. The van der Waals surface area contributed by atoms with Gasteiger partial charge in [0, 0.05) is 23.8 Å². The molecule has 0 spiro atoms. The molecule has 1 saturated carbocycles. The third-order valence-corrected chi connectivity index (χ3v) is 4.80. The molecular formula is C14H18N4O2S. The number of aromatic amines is 1. The fraction of sp³-hybridized carbons (Fsp3) is 0.357. The second-order valence-corrected chi connectivity index (χ2v) is 6.97. The molecule has 1 heterocycles. The zero-order chi connectivity index (χ0) is 14.9. The summed E-state index contributed by atoms with van der Waals surface area (Å²) in [6.45, 7) is 2.46. The number of rotatable bonds is 6. The smallest absolute Gasteiger partial charge is 0.279 e. The van der Waals surface area contributed by atoms with E-state index in [1.54, 1.807) is 18.3 Å². The molecule has 0 unspecified atom stereocenters. The molecule has 7 heteroatoms. The molecular weight excluding hydrogens is 288 g/mol. The van der Waals surface area contributed by atoms with Gasteiger partial charge in [-0.05, 0) is 31.9 Å². The summed E-state index contributed by atoms with van der Waals surface area (Å²) in [5.74, 6) is 0. The fourth-order valence-corrected chi connectivity index (χ4v) is 3.22. The van der Waals surface area contributed by atoms with Crippen LogP contribution in [0.3, 0.4) is 0 Å². The predicted octanol–water partition coefficient (Wildman–Crippen LogP) is 1.77. The first-order valence-electron chi connectivity index (χ1n) is 6.90. The van der Waals surface area contributed by atoms with Gasteiger partial charge in [-0.15, -0.1) is 0 Å². The molecule has 0 radical (unpaired) electrons. The molecule has 1 aliphatic carbocycles. The molecule has 1 fully saturated rings. The Labute approximate surface area is 124 Å². The van der Waals surface area contributed by atoms with Crippen LogP contribution >= 0.6 is 0 Å². The van der Waals surface area contributed by atoms with Crippen molar-refractivity contribution in [3.8, 4) is 0 Å². The SMILES string of the molecule is Cc1ccc(NS(=O)(=O)c2[nH]ncc2CNC2CC2)cc1. The van der Waals surface area contributed by atoms with Crippen LogP contribution in [-0.2, 0) is 16.6 Å². The van der Waals surface area contributed by atoms with E-state index in [-0.39, 0.29) is 5.03 Å². The van der Waals surface area contributed by atoms with Crippen molar-refractivity contribution in [2.75, 3.05) is 4.72 Å². The fourth-order valence-electron chi connectivity index (χ4n) is 2.03. The minimum absolute atomic E-state index is 0.122. The van der Waals surface area contributed by atoms with Gasteiger partial charge in [0.1, 0.15) is 0 Å². The lowest BCUT2D eigenvalue weighted by atomic mass is 10.2. The second-order valence-electron chi connectivity index (χ2n) is 5.35. The molecule has 3 N–H and O–H groups in total. The number of nitrogens with zero attached hydrogens (tertiary/aromatic N) is 1. The highest BCUT2D eigenvalue weighted by Crippen LogP contribution is 2.21. The Kier molecular flexibility index (Phi) is 3.69. The monoisotopic (exact) mass is 306 g/mol.